The Morgan fingerprint density at radius 2 is 2.08 bits per heavy atom. The Balaban J connectivity index is 0.00000288. The normalized spacial score (nSPS) is 10.9. The van der Waals surface area contributed by atoms with E-state index < -0.39 is 0 Å². The molecule has 0 aliphatic carbocycles. The Morgan fingerprint density at radius 1 is 1.29 bits per heavy atom. The molecule has 0 atom stereocenters. The van der Waals surface area contributed by atoms with Gasteiger partial charge in [-0.25, -0.2) is 4.98 Å². The van der Waals surface area contributed by atoms with Gasteiger partial charge in [-0.15, -0.1) is 35.3 Å². The minimum absolute atomic E-state index is 0. The Labute approximate surface area is 165 Å². The number of methoxy groups -OCH3 is 1. The zero-order valence-electron chi connectivity index (χ0n) is 14.3. The molecule has 2 aromatic rings. The molecule has 24 heavy (non-hydrogen) atoms. The second-order valence-electron chi connectivity index (χ2n) is 5.00. The third kappa shape index (κ3) is 6.27. The summed E-state index contributed by atoms with van der Waals surface area (Å²) in [5, 5.41) is 9.87. The Morgan fingerprint density at radius 3 is 2.75 bits per heavy atom. The lowest BCUT2D eigenvalue weighted by atomic mass is 10.1. The van der Waals surface area contributed by atoms with Crippen LogP contribution in [0, 0.1) is 0 Å². The summed E-state index contributed by atoms with van der Waals surface area (Å²) in [4.78, 5) is 8.78. The molecular weight excluding hydrogens is 435 g/mol. The van der Waals surface area contributed by atoms with Gasteiger partial charge in [0.25, 0.3) is 0 Å². The van der Waals surface area contributed by atoms with Crippen molar-refractivity contribution in [3.05, 3.63) is 45.9 Å². The lowest BCUT2D eigenvalue weighted by molar-refractivity contribution is 0.409. The number of thiazole rings is 1. The molecule has 1 heterocycles. The van der Waals surface area contributed by atoms with Gasteiger partial charge in [-0.05, 0) is 24.5 Å². The minimum Gasteiger partial charge on any atom is -0.496 e. The van der Waals surface area contributed by atoms with E-state index in [1.807, 2.05) is 18.2 Å². The molecule has 1 aromatic heterocycles. The van der Waals surface area contributed by atoms with Crippen LogP contribution in [0.3, 0.4) is 0 Å². The van der Waals surface area contributed by atoms with Gasteiger partial charge in [-0.2, -0.15) is 0 Å². The zero-order valence-corrected chi connectivity index (χ0v) is 17.5. The summed E-state index contributed by atoms with van der Waals surface area (Å²) in [6, 6.07) is 8.07. The highest BCUT2D eigenvalue weighted by atomic mass is 127. The quantitative estimate of drug-likeness (QED) is 0.379. The number of ether oxygens (including phenoxy) is 1. The van der Waals surface area contributed by atoms with Crippen molar-refractivity contribution in [3.63, 3.8) is 0 Å². The molecule has 7 heteroatoms. The van der Waals surface area contributed by atoms with Crippen molar-refractivity contribution in [2.24, 2.45) is 4.99 Å². The maximum atomic E-state index is 5.37. The summed E-state index contributed by atoms with van der Waals surface area (Å²) in [5.74, 6) is 1.71. The molecule has 1 aromatic carbocycles. The van der Waals surface area contributed by atoms with Gasteiger partial charge in [0.2, 0.25) is 0 Å². The van der Waals surface area contributed by atoms with Crippen LogP contribution in [-0.2, 0) is 19.4 Å². The Hall–Kier alpha value is -1.35. The van der Waals surface area contributed by atoms with E-state index in [4.69, 9.17) is 4.74 Å². The first-order chi connectivity index (χ1) is 11.3. The molecule has 0 amide bonds. The molecule has 2 N–H and O–H groups in total. The van der Waals surface area contributed by atoms with Gasteiger partial charge in [0.1, 0.15) is 5.75 Å². The number of aliphatic imine (C=N–C) groups is 1. The second-order valence-corrected chi connectivity index (χ2v) is 5.94. The zero-order chi connectivity index (χ0) is 16.5. The van der Waals surface area contributed by atoms with E-state index in [0.717, 1.165) is 36.8 Å². The third-order valence-corrected chi connectivity index (χ3v) is 4.48. The summed E-state index contributed by atoms with van der Waals surface area (Å²) in [7, 11) is 3.47. The number of nitrogens with one attached hydrogen (secondary N) is 2. The highest BCUT2D eigenvalue weighted by Gasteiger charge is 2.04. The molecule has 2 rings (SSSR count). The number of aryl methyl sites for hydroxylation is 1. The van der Waals surface area contributed by atoms with Gasteiger partial charge in [0, 0.05) is 19.0 Å². The maximum absolute atomic E-state index is 5.37. The van der Waals surface area contributed by atoms with Crippen LogP contribution in [-0.4, -0.2) is 31.6 Å². The SMILES string of the molecule is CCc1nc(CNC(=NC)NCCc2ccccc2OC)cs1.I. The number of nitrogens with zero attached hydrogens (tertiary/aromatic N) is 2. The highest BCUT2D eigenvalue weighted by molar-refractivity contribution is 14.0. The molecule has 0 saturated carbocycles. The van der Waals surface area contributed by atoms with Crippen LogP contribution in [0.1, 0.15) is 23.2 Å². The van der Waals surface area contributed by atoms with Crippen LogP contribution in [0.4, 0.5) is 0 Å². The van der Waals surface area contributed by atoms with Gasteiger partial charge in [0.05, 0.1) is 24.4 Å². The lowest BCUT2D eigenvalue weighted by Gasteiger charge is -2.12. The Kier molecular flexibility index (Phi) is 9.70. The predicted octanol–water partition coefficient (Wildman–Crippen LogP) is 3.24. The standard InChI is InChI=1S/C17H24N4OS.HI/c1-4-16-21-14(12-23-16)11-20-17(18-2)19-10-9-13-7-5-6-8-15(13)22-3;/h5-8,12H,4,9-11H2,1-3H3,(H2,18,19,20);1H. The average molecular weight is 460 g/mol. The topological polar surface area (TPSA) is 58.5 Å². The minimum atomic E-state index is 0. The summed E-state index contributed by atoms with van der Waals surface area (Å²) in [6.07, 6.45) is 1.86. The fourth-order valence-corrected chi connectivity index (χ4v) is 2.96. The number of halogens is 1. The predicted molar refractivity (Wildman–Crippen MR) is 112 cm³/mol. The number of aromatic nitrogens is 1. The van der Waals surface area contributed by atoms with Gasteiger partial charge in [-0.3, -0.25) is 4.99 Å². The van der Waals surface area contributed by atoms with Crippen LogP contribution in [0.25, 0.3) is 0 Å². The van der Waals surface area contributed by atoms with Crippen molar-refractivity contribution in [3.8, 4) is 5.75 Å². The Bertz CT molecular complexity index is 645. The molecule has 0 unspecified atom stereocenters. The fourth-order valence-electron chi connectivity index (χ4n) is 2.21. The summed E-state index contributed by atoms with van der Waals surface area (Å²) in [6.45, 7) is 3.59. The molecule has 0 spiro atoms. The van der Waals surface area contributed by atoms with E-state index in [1.165, 1.54) is 10.6 Å². The summed E-state index contributed by atoms with van der Waals surface area (Å²) < 4.78 is 5.37. The third-order valence-electron chi connectivity index (χ3n) is 3.44. The molecular formula is C17H25IN4OS. The smallest absolute Gasteiger partial charge is 0.191 e. The molecule has 0 radical (unpaired) electrons. The second kappa shape index (κ2) is 11.2. The largest absolute Gasteiger partial charge is 0.496 e. The van der Waals surface area contributed by atoms with Crippen molar-refractivity contribution in [2.75, 3.05) is 20.7 Å². The van der Waals surface area contributed by atoms with Crippen molar-refractivity contribution < 1.29 is 4.74 Å². The van der Waals surface area contributed by atoms with Crippen molar-refractivity contribution in [2.45, 2.75) is 26.3 Å². The van der Waals surface area contributed by atoms with E-state index in [9.17, 15) is 0 Å². The first-order valence-corrected chi connectivity index (χ1v) is 8.64. The fraction of sp³-hybridized carbons (Fsp3) is 0.412. The maximum Gasteiger partial charge on any atom is 0.191 e. The number of guanidine groups is 1. The average Bonchev–Trinajstić information content (AvgIpc) is 3.06. The van der Waals surface area contributed by atoms with Crippen LogP contribution in [0.5, 0.6) is 5.75 Å². The molecule has 0 bridgehead atoms. The molecule has 0 saturated heterocycles. The lowest BCUT2D eigenvalue weighted by Crippen LogP contribution is -2.37. The highest BCUT2D eigenvalue weighted by Crippen LogP contribution is 2.17. The van der Waals surface area contributed by atoms with Crippen LogP contribution in [0.15, 0.2) is 34.6 Å². The van der Waals surface area contributed by atoms with E-state index in [2.05, 4.69) is 39.0 Å². The first kappa shape index (κ1) is 20.7. The van der Waals surface area contributed by atoms with Crippen molar-refractivity contribution in [1.29, 1.82) is 0 Å². The first-order valence-electron chi connectivity index (χ1n) is 7.76. The number of benzene rings is 1. The molecule has 5 nitrogen and oxygen atoms in total. The van der Waals surface area contributed by atoms with E-state index in [-0.39, 0.29) is 24.0 Å². The van der Waals surface area contributed by atoms with Crippen LogP contribution < -0.4 is 15.4 Å². The molecule has 132 valence electrons. The monoisotopic (exact) mass is 460 g/mol. The van der Waals surface area contributed by atoms with Gasteiger partial charge >= 0.3 is 0 Å². The van der Waals surface area contributed by atoms with Crippen LogP contribution >= 0.6 is 35.3 Å². The molecule has 0 fully saturated rings. The number of rotatable bonds is 7. The van der Waals surface area contributed by atoms with Crippen molar-refractivity contribution >= 4 is 41.3 Å². The van der Waals surface area contributed by atoms with Gasteiger partial charge < -0.3 is 15.4 Å². The van der Waals surface area contributed by atoms with Gasteiger partial charge in [-0.1, -0.05) is 25.1 Å². The van der Waals surface area contributed by atoms with E-state index in [0.29, 0.717) is 6.54 Å². The molecule has 0 aliphatic rings. The number of para-hydroxylation sites is 1. The van der Waals surface area contributed by atoms with E-state index in [1.54, 1.807) is 25.5 Å². The van der Waals surface area contributed by atoms with E-state index >= 15 is 0 Å². The number of hydrogen-bond acceptors (Lipinski definition) is 4. The van der Waals surface area contributed by atoms with Gasteiger partial charge in [0.15, 0.2) is 5.96 Å². The number of hydrogen-bond donors (Lipinski definition) is 2. The summed E-state index contributed by atoms with van der Waals surface area (Å²) in [5.41, 5.74) is 2.24. The summed E-state index contributed by atoms with van der Waals surface area (Å²) >= 11 is 1.70. The van der Waals surface area contributed by atoms with Crippen molar-refractivity contribution in [1.82, 2.24) is 15.6 Å². The molecule has 0 aliphatic heterocycles. The van der Waals surface area contributed by atoms with Crippen LogP contribution in [0.2, 0.25) is 0 Å².